The zero-order valence-electron chi connectivity index (χ0n) is 16.4. The summed E-state index contributed by atoms with van der Waals surface area (Å²) in [5.74, 6) is 1.60. The number of carbonyl (C=O) groups excluding carboxylic acids is 1. The van der Waals surface area contributed by atoms with Crippen LogP contribution in [0.25, 0.3) is 0 Å². The van der Waals surface area contributed by atoms with Crippen molar-refractivity contribution in [2.75, 3.05) is 19.7 Å². The van der Waals surface area contributed by atoms with Crippen LogP contribution in [0.5, 0.6) is 5.75 Å². The SMILES string of the molecule is CCOc1ccc(CNC(=O)c2ccc(CN3CCC[C@H](C)C3)cc2)cc1. The van der Waals surface area contributed by atoms with E-state index in [1.54, 1.807) is 0 Å². The van der Waals surface area contributed by atoms with E-state index in [2.05, 4.69) is 29.3 Å². The lowest BCUT2D eigenvalue weighted by Gasteiger charge is -2.30. The molecular weight excluding hydrogens is 336 g/mol. The van der Waals surface area contributed by atoms with Gasteiger partial charge >= 0.3 is 0 Å². The standard InChI is InChI=1S/C23H30N2O2/c1-3-27-22-12-8-19(9-13-22)15-24-23(26)21-10-6-20(7-11-21)17-25-14-4-5-18(2)16-25/h6-13,18H,3-5,14-17H2,1-2H3,(H,24,26)/t18-/m0/s1. The zero-order valence-corrected chi connectivity index (χ0v) is 16.4. The molecule has 1 fully saturated rings. The molecule has 1 aliphatic heterocycles. The van der Waals surface area contributed by atoms with Gasteiger partial charge in [0.15, 0.2) is 0 Å². The molecule has 0 aromatic heterocycles. The van der Waals surface area contributed by atoms with Crippen LogP contribution in [0.15, 0.2) is 48.5 Å². The lowest BCUT2D eigenvalue weighted by Crippen LogP contribution is -2.33. The number of nitrogens with zero attached hydrogens (tertiary/aromatic N) is 1. The monoisotopic (exact) mass is 366 g/mol. The molecule has 1 saturated heterocycles. The summed E-state index contributed by atoms with van der Waals surface area (Å²) in [6.45, 7) is 8.77. The van der Waals surface area contributed by atoms with E-state index in [0.717, 1.165) is 23.8 Å². The average Bonchev–Trinajstić information content (AvgIpc) is 2.68. The molecule has 4 heteroatoms. The minimum atomic E-state index is -0.0398. The van der Waals surface area contributed by atoms with Crippen molar-refractivity contribution in [1.29, 1.82) is 0 Å². The Morgan fingerprint density at radius 2 is 1.81 bits per heavy atom. The highest BCUT2D eigenvalue weighted by Gasteiger charge is 2.16. The lowest BCUT2D eigenvalue weighted by atomic mass is 9.99. The van der Waals surface area contributed by atoms with Crippen LogP contribution in [0.2, 0.25) is 0 Å². The third-order valence-corrected chi connectivity index (χ3v) is 5.05. The summed E-state index contributed by atoms with van der Waals surface area (Å²) in [6, 6.07) is 15.8. The van der Waals surface area contributed by atoms with Crippen LogP contribution in [-0.4, -0.2) is 30.5 Å². The molecule has 0 spiro atoms. The Bertz CT molecular complexity index is 725. The second kappa shape index (κ2) is 9.56. The number of amides is 1. The third-order valence-electron chi connectivity index (χ3n) is 5.05. The number of ether oxygens (including phenoxy) is 1. The first-order valence-corrected chi connectivity index (χ1v) is 9.95. The molecular formula is C23H30N2O2. The molecule has 2 aromatic rings. The second-order valence-electron chi connectivity index (χ2n) is 7.44. The fourth-order valence-corrected chi connectivity index (χ4v) is 3.60. The molecule has 1 aliphatic rings. The van der Waals surface area contributed by atoms with Crippen LogP contribution in [0.3, 0.4) is 0 Å². The van der Waals surface area contributed by atoms with Gasteiger partial charge in [-0.25, -0.2) is 0 Å². The van der Waals surface area contributed by atoms with Crippen molar-refractivity contribution in [2.24, 2.45) is 5.92 Å². The summed E-state index contributed by atoms with van der Waals surface area (Å²) in [6.07, 6.45) is 2.62. The van der Waals surface area contributed by atoms with Crippen molar-refractivity contribution in [1.82, 2.24) is 10.2 Å². The molecule has 4 nitrogen and oxygen atoms in total. The number of likely N-dealkylation sites (tertiary alicyclic amines) is 1. The maximum Gasteiger partial charge on any atom is 0.251 e. The van der Waals surface area contributed by atoms with Gasteiger partial charge in [0.2, 0.25) is 0 Å². The smallest absolute Gasteiger partial charge is 0.251 e. The molecule has 0 bridgehead atoms. The molecule has 1 atom stereocenters. The van der Waals surface area contributed by atoms with Crippen molar-refractivity contribution in [2.45, 2.75) is 39.8 Å². The number of nitrogens with one attached hydrogen (secondary N) is 1. The topological polar surface area (TPSA) is 41.6 Å². The highest BCUT2D eigenvalue weighted by molar-refractivity contribution is 5.94. The molecule has 3 rings (SSSR count). The first-order chi connectivity index (χ1) is 13.1. The van der Waals surface area contributed by atoms with Gasteiger partial charge in [-0.2, -0.15) is 0 Å². The Labute approximate surface area is 162 Å². The molecule has 0 saturated carbocycles. The summed E-state index contributed by atoms with van der Waals surface area (Å²) in [7, 11) is 0. The van der Waals surface area contributed by atoms with Crippen molar-refractivity contribution in [3.05, 3.63) is 65.2 Å². The minimum absolute atomic E-state index is 0.0398. The highest BCUT2D eigenvalue weighted by atomic mass is 16.5. The van der Waals surface area contributed by atoms with Gasteiger partial charge in [-0.15, -0.1) is 0 Å². The highest BCUT2D eigenvalue weighted by Crippen LogP contribution is 2.18. The van der Waals surface area contributed by atoms with E-state index >= 15 is 0 Å². The summed E-state index contributed by atoms with van der Waals surface area (Å²) in [5.41, 5.74) is 3.03. The number of carbonyl (C=O) groups is 1. The molecule has 0 radical (unpaired) electrons. The maximum atomic E-state index is 12.4. The van der Waals surface area contributed by atoms with Crippen LogP contribution < -0.4 is 10.1 Å². The number of benzene rings is 2. The Kier molecular flexibility index (Phi) is 6.88. The number of hydrogen-bond donors (Lipinski definition) is 1. The Balaban J connectivity index is 1.49. The van der Waals surface area contributed by atoms with Crippen molar-refractivity contribution < 1.29 is 9.53 Å². The fraction of sp³-hybridized carbons (Fsp3) is 0.435. The van der Waals surface area contributed by atoms with Crippen LogP contribution in [-0.2, 0) is 13.1 Å². The van der Waals surface area contributed by atoms with Gasteiger partial charge in [0.05, 0.1) is 6.61 Å². The molecule has 2 aromatic carbocycles. The molecule has 0 unspecified atom stereocenters. The summed E-state index contributed by atoms with van der Waals surface area (Å²) in [4.78, 5) is 14.9. The van der Waals surface area contributed by atoms with Crippen LogP contribution in [0, 0.1) is 5.92 Å². The third kappa shape index (κ3) is 5.83. The largest absolute Gasteiger partial charge is 0.494 e. The van der Waals surface area contributed by atoms with Gasteiger partial charge in [0.25, 0.3) is 5.91 Å². The first-order valence-electron chi connectivity index (χ1n) is 9.95. The van der Waals surface area contributed by atoms with Crippen LogP contribution in [0.1, 0.15) is 48.2 Å². The predicted molar refractivity (Wildman–Crippen MR) is 109 cm³/mol. The Morgan fingerprint density at radius 1 is 1.11 bits per heavy atom. The average molecular weight is 367 g/mol. The van der Waals surface area contributed by atoms with Gasteiger partial charge < -0.3 is 10.1 Å². The zero-order chi connectivity index (χ0) is 19.1. The van der Waals surface area contributed by atoms with Gasteiger partial charge in [-0.05, 0) is 67.6 Å². The Hall–Kier alpha value is -2.33. The first kappa shape index (κ1) is 19.4. The fourth-order valence-electron chi connectivity index (χ4n) is 3.60. The van der Waals surface area contributed by atoms with Gasteiger partial charge in [0, 0.05) is 25.2 Å². The van der Waals surface area contributed by atoms with E-state index in [-0.39, 0.29) is 5.91 Å². The Morgan fingerprint density at radius 3 is 2.48 bits per heavy atom. The number of rotatable bonds is 7. The molecule has 27 heavy (non-hydrogen) atoms. The second-order valence-corrected chi connectivity index (χ2v) is 7.44. The van der Waals surface area contributed by atoms with E-state index < -0.39 is 0 Å². The lowest BCUT2D eigenvalue weighted by molar-refractivity contribution is 0.0951. The van der Waals surface area contributed by atoms with Crippen LogP contribution >= 0.6 is 0 Å². The van der Waals surface area contributed by atoms with Crippen molar-refractivity contribution in [3.63, 3.8) is 0 Å². The van der Waals surface area contributed by atoms with E-state index in [1.807, 2.05) is 43.3 Å². The van der Waals surface area contributed by atoms with Gasteiger partial charge in [-0.3, -0.25) is 9.69 Å². The van der Waals surface area contributed by atoms with E-state index in [4.69, 9.17) is 4.74 Å². The number of hydrogen-bond acceptors (Lipinski definition) is 3. The normalized spacial score (nSPS) is 17.5. The van der Waals surface area contributed by atoms with E-state index in [1.165, 1.54) is 31.5 Å². The number of piperidine rings is 1. The minimum Gasteiger partial charge on any atom is -0.494 e. The van der Waals surface area contributed by atoms with E-state index in [9.17, 15) is 4.79 Å². The van der Waals surface area contributed by atoms with Crippen LogP contribution in [0.4, 0.5) is 0 Å². The predicted octanol–water partition coefficient (Wildman–Crippen LogP) is 4.25. The molecule has 0 aliphatic carbocycles. The van der Waals surface area contributed by atoms with Gasteiger partial charge in [-0.1, -0.05) is 31.2 Å². The van der Waals surface area contributed by atoms with Crippen molar-refractivity contribution in [3.8, 4) is 5.75 Å². The quantitative estimate of drug-likeness (QED) is 0.797. The molecule has 144 valence electrons. The molecule has 1 heterocycles. The molecule has 1 amide bonds. The maximum absolute atomic E-state index is 12.4. The van der Waals surface area contributed by atoms with Crippen molar-refractivity contribution >= 4 is 5.91 Å². The molecule has 1 N–H and O–H groups in total. The van der Waals surface area contributed by atoms with E-state index in [0.29, 0.717) is 18.7 Å². The summed E-state index contributed by atoms with van der Waals surface area (Å²) in [5, 5.41) is 2.98. The van der Waals surface area contributed by atoms with Gasteiger partial charge in [0.1, 0.15) is 5.75 Å². The summed E-state index contributed by atoms with van der Waals surface area (Å²) >= 11 is 0. The summed E-state index contributed by atoms with van der Waals surface area (Å²) < 4.78 is 5.44.